The third kappa shape index (κ3) is 7.63. The van der Waals surface area contributed by atoms with Crippen LogP contribution in [0.3, 0.4) is 0 Å². The molecule has 0 aliphatic heterocycles. The molecule has 0 radical (unpaired) electrons. The van der Waals surface area contributed by atoms with Crippen LogP contribution in [0.2, 0.25) is 0 Å². The maximum atomic E-state index is 14.9. The molecule has 11 heteroatoms. The lowest BCUT2D eigenvalue weighted by Gasteiger charge is -2.17. The first kappa shape index (κ1) is 31.3. The first-order valence-corrected chi connectivity index (χ1v) is 13.0. The van der Waals surface area contributed by atoms with E-state index in [2.05, 4.69) is 23.6 Å². The first-order valence-electron chi connectivity index (χ1n) is 13.0. The van der Waals surface area contributed by atoms with Gasteiger partial charge in [0.1, 0.15) is 23.0 Å². The van der Waals surface area contributed by atoms with Gasteiger partial charge in [-0.3, -0.25) is 0 Å². The summed E-state index contributed by atoms with van der Waals surface area (Å²) >= 11 is 0. The average molecular weight is 608 g/mol. The Hall–Kier alpha value is -4.59. The number of hydrogen-bond acceptors (Lipinski definition) is 2. The molecule has 0 bridgehead atoms. The average Bonchev–Trinajstić information content (AvgIpc) is 2.91. The van der Waals surface area contributed by atoms with Gasteiger partial charge in [0.2, 0.25) is 0 Å². The van der Waals surface area contributed by atoms with Crippen molar-refractivity contribution in [3.05, 3.63) is 118 Å². The Morgan fingerprint density at radius 1 is 0.698 bits per heavy atom. The Bertz CT molecular complexity index is 1630. The summed E-state index contributed by atoms with van der Waals surface area (Å²) in [5.74, 6) is -3.78. The minimum absolute atomic E-state index is 0.00778. The second-order valence-corrected chi connectivity index (χ2v) is 9.48. The van der Waals surface area contributed by atoms with E-state index in [4.69, 9.17) is 0 Å². The zero-order valence-corrected chi connectivity index (χ0v) is 22.4. The molecule has 0 N–H and O–H groups in total. The molecule has 0 aliphatic carbocycles. The molecular weight excluding hydrogens is 585 g/mol. The molecule has 0 fully saturated rings. The molecule has 2 nitrogen and oxygen atoms in total. The number of halogens is 9. The summed E-state index contributed by atoms with van der Waals surface area (Å²) in [7, 11) is 0. The lowest BCUT2D eigenvalue weighted by Crippen LogP contribution is -2.20. The SMILES string of the molecule is CCCCCc1ccc(C#Cc2ccc(-c3cc(F)c(N(F)Oc4cc(F)c(C(F)(F)F)c(F)c4)c(F)c3)c(F)c2)cc1. The van der Waals surface area contributed by atoms with Crippen LogP contribution in [0.1, 0.15) is 48.4 Å². The van der Waals surface area contributed by atoms with Crippen LogP contribution in [-0.4, -0.2) is 0 Å². The van der Waals surface area contributed by atoms with Crippen LogP contribution in [-0.2, 0) is 12.6 Å². The largest absolute Gasteiger partial charge is 0.422 e. The molecule has 0 aliphatic rings. The molecule has 0 aromatic heterocycles. The number of anilines is 1. The number of benzene rings is 4. The van der Waals surface area contributed by atoms with Gasteiger partial charge < -0.3 is 4.84 Å². The third-order valence-electron chi connectivity index (χ3n) is 6.33. The fourth-order valence-electron chi connectivity index (χ4n) is 4.21. The van der Waals surface area contributed by atoms with Crippen LogP contribution in [0.4, 0.5) is 45.3 Å². The molecule has 0 saturated heterocycles. The number of unbranched alkanes of at least 4 members (excludes halogenated alkanes) is 2. The lowest BCUT2D eigenvalue weighted by molar-refractivity contribution is -0.142. The van der Waals surface area contributed by atoms with Gasteiger partial charge in [0.15, 0.2) is 23.1 Å². The van der Waals surface area contributed by atoms with Gasteiger partial charge in [0.25, 0.3) is 0 Å². The summed E-state index contributed by atoms with van der Waals surface area (Å²) in [5.41, 5.74) is -2.14. The zero-order valence-electron chi connectivity index (χ0n) is 22.4. The van der Waals surface area contributed by atoms with Gasteiger partial charge in [-0.1, -0.05) is 54.3 Å². The maximum absolute atomic E-state index is 14.9. The summed E-state index contributed by atoms with van der Waals surface area (Å²) in [5, 5.41) is -1.05. The minimum atomic E-state index is -5.39. The Morgan fingerprint density at radius 2 is 1.28 bits per heavy atom. The predicted octanol–water partition coefficient (Wildman–Crippen LogP) is 9.89. The van der Waals surface area contributed by atoms with Crippen molar-refractivity contribution in [1.29, 1.82) is 0 Å². The van der Waals surface area contributed by atoms with Gasteiger partial charge in [-0.2, -0.15) is 13.2 Å². The molecular formula is C32H22F9NO. The number of rotatable bonds is 8. The van der Waals surface area contributed by atoms with E-state index < -0.39 is 57.5 Å². The van der Waals surface area contributed by atoms with Gasteiger partial charge in [0, 0.05) is 28.8 Å². The van der Waals surface area contributed by atoms with Crippen molar-refractivity contribution in [1.82, 2.24) is 0 Å². The normalized spacial score (nSPS) is 11.2. The molecule has 224 valence electrons. The Balaban J connectivity index is 1.51. The lowest BCUT2D eigenvalue weighted by atomic mass is 10.0. The van der Waals surface area contributed by atoms with Crippen LogP contribution in [0.5, 0.6) is 5.75 Å². The van der Waals surface area contributed by atoms with Crippen LogP contribution in [0.25, 0.3) is 11.1 Å². The Labute approximate surface area is 241 Å². The molecule has 4 aromatic rings. The van der Waals surface area contributed by atoms with Crippen molar-refractivity contribution in [2.45, 2.75) is 38.8 Å². The molecule has 0 saturated carbocycles. The highest BCUT2D eigenvalue weighted by atomic mass is 19.4. The predicted molar refractivity (Wildman–Crippen MR) is 143 cm³/mol. The highest BCUT2D eigenvalue weighted by Gasteiger charge is 2.38. The van der Waals surface area contributed by atoms with Gasteiger partial charge in [-0.25, -0.2) is 22.0 Å². The van der Waals surface area contributed by atoms with E-state index in [1.807, 2.05) is 24.3 Å². The fourth-order valence-corrected chi connectivity index (χ4v) is 4.21. The quantitative estimate of drug-likeness (QED) is 0.0650. The molecule has 0 amide bonds. The molecule has 43 heavy (non-hydrogen) atoms. The van der Waals surface area contributed by atoms with Crippen molar-refractivity contribution < 1.29 is 44.4 Å². The van der Waals surface area contributed by atoms with Crippen molar-refractivity contribution in [3.8, 4) is 28.7 Å². The van der Waals surface area contributed by atoms with E-state index in [0.717, 1.165) is 31.7 Å². The van der Waals surface area contributed by atoms with E-state index in [0.29, 0.717) is 17.7 Å². The van der Waals surface area contributed by atoms with E-state index in [9.17, 15) is 39.6 Å². The highest BCUT2D eigenvalue weighted by Crippen LogP contribution is 2.37. The smallest absolute Gasteiger partial charge is 0.349 e. The molecule has 0 unspecified atom stereocenters. The summed E-state index contributed by atoms with van der Waals surface area (Å²) < 4.78 is 125. The van der Waals surface area contributed by atoms with Gasteiger partial charge in [0.05, 0.1) is 0 Å². The van der Waals surface area contributed by atoms with E-state index in [1.54, 1.807) is 0 Å². The molecule has 4 rings (SSSR count). The Morgan fingerprint density at radius 3 is 1.84 bits per heavy atom. The number of aryl methyl sites for hydroxylation is 1. The number of hydrogen-bond donors (Lipinski definition) is 0. The summed E-state index contributed by atoms with van der Waals surface area (Å²) in [6, 6.07) is 12.5. The van der Waals surface area contributed by atoms with Crippen molar-refractivity contribution in [3.63, 3.8) is 0 Å². The van der Waals surface area contributed by atoms with Gasteiger partial charge in [-0.15, -0.1) is 0 Å². The highest BCUT2D eigenvalue weighted by molar-refractivity contribution is 5.68. The second kappa shape index (κ2) is 13.2. The van der Waals surface area contributed by atoms with Crippen LogP contribution in [0.15, 0.2) is 66.7 Å². The first-order chi connectivity index (χ1) is 20.4. The summed E-state index contributed by atoms with van der Waals surface area (Å²) in [4.78, 5) is 4.32. The van der Waals surface area contributed by atoms with E-state index in [-0.39, 0.29) is 28.8 Å². The molecule has 0 atom stereocenters. The maximum Gasteiger partial charge on any atom is 0.422 e. The Kier molecular flexibility index (Phi) is 9.59. The van der Waals surface area contributed by atoms with Crippen LogP contribution >= 0.6 is 0 Å². The molecule has 4 aromatic carbocycles. The van der Waals surface area contributed by atoms with Crippen molar-refractivity contribution in [2.75, 3.05) is 5.29 Å². The molecule has 0 heterocycles. The van der Waals surface area contributed by atoms with Crippen molar-refractivity contribution >= 4 is 5.69 Å². The summed E-state index contributed by atoms with van der Waals surface area (Å²) in [6.45, 7) is 2.13. The molecule has 0 spiro atoms. The third-order valence-corrected chi connectivity index (χ3v) is 6.33. The fraction of sp³-hybridized carbons (Fsp3) is 0.188. The van der Waals surface area contributed by atoms with Gasteiger partial charge in [-0.05, 0) is 65.7 Å². The van der Waals surface area contributed by atoms with E-state index in [1.165, 1.54) is 17.7 Å². The second-order valence-electron chi connectivity index (χ2n) is 9.48. The van der Waals surface area contributed by atoms with E-state index >= 15 is 0 Å². The standard InChI is InChI=1S/C32H22F9NO/c1-2-3-4-5-19-6-8-20(9-7-19)10-11-21-12-13-24(25(33)14-21)22-15-28(36)31(29(37)16-22)42(41)43-23-17-26(34)30(27(35)18-23)32(38,39)40/h6-9,12-18H,2-5H2,1H3. The van der Waals surface area contributed by atoms with Gasteiger partial charge >= 0.3 is 6.18 Å². The van der Waals surface area contributed by atoms with Crippen LogP contribution in [0, 0.1) is 40.9 Å². The summed E-state index contributed by atoms with van der Waals surface area (Å²) in [6.07, 6.45) is -1.07. The minimum Gasteiger partial charge on any atom is -0.349 e. The number of nitrogens with zero attached hydrogens (tertiary/aromatic N) is 1. The van der Waals surface area contributed by atoms with Crippen molar-refractivity contribution in [2.24, 2.45) is 0 Å². The monoisotopic (exact) mass is 607 g/mol. The number of alkyl halides is 3. The van der Waals surface area contributed by atoms with Crippen LogP contribution < -0.4 is 10.1 Å². The topological polar surface area (TPSA) is 12.5 Å². The zero-order chi connectivity index (χ0) is 31.3.